The van der Waals surface area contributed by atoms with Crippen LogP contribution in [-0.2, 0) is 4.79 Å². The maximum absolute atomic E-state index is 12.3. The molecule has 0 saturated carbocycles. The first-order valence-corrected chi connectivity index (χ1v) is 9.55. The largest absolute Gasteiger partial charge is 0.490 e. The number of carbonyl (C=O) groups excluding carboxylic acids is 2. The first-order chi connectivity index (χ1) is 12.3. The first-order valence-electron chi connectivity index (χ1n) is 7.96. The molecule has 0 aliphatic heterocycles. The smallest absolute Gasteiger partial charge is 0.262 e. The maximum atomic E-state index is 12.3. The van der Waals surface area contributed by atoms with E-state index in [0.29, 0.717) is 28.1 Å². The summed E-state index contributed by atoms with van der Waals surface area (Å²) in [4.78, 5) is 23.3. The van der Waals surface area contributed by atoms with Crippen LogP contribution in [0.2, 0.25) is 0 Å². The van der Waals surface area contributed by atoms with Crippen LogP contribution in [0.3, 0.4) is 0 Å². The molecule has 2 aromatic carbocycles. The van der Waals surface area contributed by atoms with Crippen molar-refractivity contribution in [3.63, 3.8) is 0 Å². The van der Waals surface area contributed by atoms with E-state index in [1.54, 1.807) is 12.1 Å². The van der Waals surface area contributed by atoms with Gasteiger partial charge in [0.05, 0.1) is 11.1 Å². The van der Waals surface area contributed by atoms with Gasteiger partial charge in [-0.2, -0.15) is 0 Å². The molecule has 0 aliphatic carbocycles. The summed E-state index contributed by atoms with van der Waals surface area (Å²) in [6.45, 7) is 5.91. The van der Waals surface area contributed by atoms with Crippen molar-refractivity contribution >= 4 is 49.7 Å². The molecular weight excluding hydrogens is 466 g/mol. The van der Waals surface area contributed by atoms with Gasteiger partial charge in [0.25, 0.3) is 5.91 Å². The number of anilines is 1. The molecule has 1 N–H and O–H groups in total. The molecule has 138 valence electrons. The Morgan fingerprint density at radius 1 is 1.12 bits per heavy atom. The van der Waals surface area contributed by atoms with E-state index in [-0.39, 0.29) is 12.5 Å². The van der Waals surface area contributed by atoms with Crippen molar-refractivity contribution in [3.05, 3.63) is 49.9 Å². The third-order valence-corrected chi connectivity index (χ3v) is 4.62. The zero-order valence-corrected chi connectivity index (χ0v) is 17.9. The van der Waals surface area contributed by atoms with Gasteiger partial charge in [-0.15, -0.1) is 0 Å². The SMILES string of the molecule is CCOc1cc(C=O)cc(Br)c1OCC(=O)Nc1c(C)cc(Br)cc1C. The molecular formula is C19H19Br2NO4. The van der Waals surface area contributed by atoms with Crippen molar-refractivity contribution in [2.45, 2.75) is 20.8 Å². The highest BCUT2D eigenvalue weighted by atomic mass is 79.9. The average molecular weight is 485 g/mol. The number of rotatable bonds is 7. The molecule has 0 heterocycles. The quantitative estimate of drug-likeness (QED) is 0.558. The summed E-state index contributed by atoms with van der Waals surface area (Å²) in [5.74, 6) is 0.511. The molecule has 26 heavy (non-hydrogen) atoms. The fourth-order valence-electron chi connectivity index (χ4n) is 2.48. The molecule has 0 spiro atoms. The topological polar surface area (TPSA) is 64.6 Å². The number of amides is 1. The van der Waals surface area contributed by atoms with E-state index in [9.17, 15) is 9.59 Å². The third kappa shape index (κ3) is 5.08. The van der Waals surface area contributed by atoms with Crippen molar-refractivity contribution in [3.8, 4) is 11.5 Å². The van der Waals surface area contributed by atoms with Crippen LogP contribution in [-0.4, -0.2) is 25.4 Å². The zero-order valence-electron chi connectivity index (χ0n) is 14.7. The van der Waals surface area contributed by atoms with Crippen molar-refractivity contribution in [1.29, 1.82) is 0 Å². The Bertz CT molecular complexity index is 814. The molecule has 1 amide bonds. The fraction of sp³-hybridized carbons (Fsp3) is 0.263. The summed E-state index contributed by atoms with van der Waals surface area (Å²) in [6, 6.07) is 7.07. The minimum atomic E-state index is -0.285. The number of halogens is 2. The van der Waals surface area contributed by atoms with Gasteiger partial charge in [0.2, 0.25) is 0 Å². The lowest BCUT2D eigenvalue weighted by atomic mass is 10.1. The monoisotopic (exact) mass is 483 g/mol. The van der Waals surface area contributed by atoms with Gasteiger partial charge in [0, 0.05) is 15.7 Å². The van der Waals surface area contributed by atoms with E-state index in [2.05, 4.69) is 37.2 Å². The van der Waals surface area contributed by atoms with Gasteiger partial charge >= 0.3 is 0 Å². The number of carbonyl (C=O) groups is 2. The second-order valence-corrected chi connectivity index (χ2v) is 7.40. The minimum Gasteiger partial charge on any atom is -0.490 e. The Morgan fingerprint density at radius 2 is 1.77 bits per heavy atom. The van der Waals surface area contributed by atoms with Gasteiger partial charge in [0.1, 0.15) is 6.29 Å². The molecule has 0 unspecified atom stereocenters. The normalized spacial score (nSPS) is 10.3. The van der Waals surface area contributed by atoms with E-state index in [1.165, 1.54) is 0 Å². The summed E-state index contributed by atoms with van der Waals surface area (Å²) in [6.07, 6.45) is 0.725. The molecule has 0 aromatic heterocycles. The summed E-state index contributed by atoms with van der Waals surface area (Å²) in [5.41, 5.74) is 3.13. The van der Waals surface area contributed by atoms with Gasteiger partial charge in [-0.05, 0) is 72.1 Å². The Hall–Kier alpha value is -1.86. The highest BCUT2D eigenvalue weighted by molar-refractivity contribution is 9.10. The molecule has 2 aromatic rings. The predicted molar refractivity (Wildman–Crippen MR) is 108 cm³/mol. The van der Waals surface area contributed by atoms with Gasteiger partial charge in [-0.3, -0.25) is 9.59 Å². The number of aryl methyl sites for hydroxylation is 2. The van der Waals surface area contributed by atoms with Crippen LogP contribution in [0, 0.1) is 13.8 Å². The second-order valence-electron chi connectivity index (χ2n) is 5.63. The van der Waals surface area contributed by atoms with E-state index >= 15 is 0 Å². The fourth-order valence-corrected chi connectivity index (χ4v) is 3.74. The van der Waals surface area contributed by atoms with Gasteiger partial charge < -0.3 is 14.8 Å². The van der Waals surface area contributed by atoms with Crippen LogP contribution in [0.1, 0.15) is 28.4 Å². The Morgan fingerprint density at radius 3 is 2.35 bits per heavy atom. The number of aldehydes is 1. The lowest BCUT2D eigenvalue weighted by Gasteiger charge is -2.15. The molecule has 0 atom stereocenters. The van der Waals surface area contributed by atoms with Crippen LogP contribution in [0.4, 0.5) is 5.69 Å². The first kappa shape index (κ1) is 20.5. The average Bonchev–Trinajstić information content (AvgIpc) is 2.57. The number of benzene rings is 2. The predicted octanol–water partition coefficient (Wildman–Crippen LogP) is 5.06. The molecule has 0 bridgehead atoms. The van der Waals surface area contributed by atoms with Gasteiger partial charge in [-0.25, -0.2) is 0 Å². The highest BCUT2D eigenvalue weighted by Crippen LogP contribution is 2.36. The van der Waals surface area contributed by atoms with E-state index in [0.717, 1.165) is 27.6 Å². The Kier molecular flexibility index (Phi) is 7.23. The highest BCUT2D eigenvalue weighted by Gasteiger charge is 2.15. The van der Waals surface area contributed by atoms with E-state index < -0.39 is 0 Å². The van der Waals surface area contributed by atoms with Crippen molar-refractivity contribution < 1.29 is 19.1 Å². The van der Waals surface area contributed by atoms with Crippen molar-refractivity contribution in [2.24, 2.45) is 0 Å². The number of nitrogens with one attached hydrogen (secondary N) is 1. The molecule has 5 nitrogen and oxygen atoms in total. The van der Waals surface area contributed by atoms with Crippen LogP contribution in [0.15, 0.2) is 33.2 Å². The Labute approximate surface area is 169 Å². The summed E-state index contributed by atoms with van der Waals surface area (Å²) >= 11 is 6.79. The molecule has 0 saturated heterocycles. The van der Waals surface area contributed by atoms with Crippen LogP contribution in [0.25, 0.3) is 0 Å². The van der Waals surface area contributed by atoms with Crippen LogP contribution >= 0.6 is 31.9 Å². The molecule has 2 rings (SSSR count). The van der Waals surface area contributed by atoms with E-state index in [4.69, 9.17) is 9.47 Å². The van der Waals surface area contributed by atoms with E-state index in [1.807, 2.05) is 32.9 Å². The molecule has 0 radical (unpaired) electrons. The molecule has 7 heteroatoms. The standard InChI is InChI=1S/C19H19Br2NO4/c1-4-25-16-8-13(9-23)7-15(21)19(16)26-10-17(24)22-18-11(2)5-14(20)6-12(18)3/h5-9H,4,10H2,1-3H3,(H,22,24). The lowest BCUT2D eigenvalue weighted by molar-refractivity contribution is -0.118. The minimum absolute atomic E-state index is 0.186. The van der Waals surface area contributed by atoms with Crippen LogP contribution in [0.5, 0.6) is 11.5 Å². The van der Waals surface area contributed by atoms with Gasteiger partial charge in [-0.1, -0.05) is 15.9 Å². The molecule has 0 fully saturated rings. The number of hydrogen-bond donors (Lipinski definition) is 1. The summed E-state index contributed by atoms with van der Waals surface area (Å²) < 4.78 is 12.7. The lowest BCUT2D eigenvalue weighted by Crippen LogP contribution is -2.21. The second kappa shape index (κ2) is 9.19. The van der Waals surface area contributed by atoms with Gasteiger partial charge in [0.15, 0.2) is 18.1 Å². The van der Waals surface area contributed by atoms with Crippen molar-refractivity contribution in [1.82, 2.24) is 0 Å². The Balaban J connectivity index is 2.14. The zero-order chi connectivity index (χ0) is 19.3. The third-order valence-electron chi connectivity index (χ3n) is 3.58. The van der Waals surface area contributed by atoms with Crippen LogP contribution < -0.4 is 14.8 Å². The maximum Gasteiger partial charge on any atom is 0.262 e. The summed E-state index contributed by atoms with van der Waals surface area (Å²) in [5, 5.41) is 2.87. The molecule has 0 aliphatic rings. The summed E-state index contributed by atoms with van der Waals surface area (Å²) in [7, 11) is 0. The number of ether oxygens (including phenoxy) is 2. The van der Waals surface area contributed by atoms with Crippen molar-refractivity contribution in [2.75, 3.05) is 18.5 Å². The number of hydrogen-bond acceptors (Lipinski definition) is 4.